The summed E-state index contributed by atoms with van der Waals surface area (Å²) in [5.41, 5.74) is 2.55. The van der Waals surface area contributed by atoms with Crippen molar-refractivity contribution in [1.29, 1.82) is 0 Å². The van der Waals surface area contributed by atoms with E-state index in [4.69, 9.17) is 5.41 Å². The monoisotopic (exact) mass is 207 g/mol. The van der Waals surface area contributed by atoms with Gasteiger partial charge < -0.3 is 5.41 Å². The first kappa shape index (κ1) is 12.2. The van der Waals surface area contributed by atoms with Gasteiger partial charge in [0, 0.05) is 18.2 Å². The number of isothiocyanates is 1. The predicted octanol–water partition coefficient (Wildman–Crippen LogP) is 0.889. The van der Waals surface area contributed by atoms with Crippen LogP contribution >= 0.6 is 12.2 Å². The number of carbonyl (C=O) groups excluding carboxylic acids is 1. The second-order valence-electron chi connectivity index (χ2n) is 2.05. The number of rotatable bonds is 2. The van der Waals surface area contributed by atoms with Crippen molar-refractivity contribution in [2.75, 3.05) is 5.43 Å². The number of thiocarbonyl (C=S) groups is 1. The van der Waals surface area contributed by atoms with Crippen molar-refractivity contribution >= 4 is 23.3 Å². The van der Waals surface area contributed by atoms with Crippen LogP contribution in [-0.4, -0.2) is 11.1 Å². The predicted molar refractivity (Wildman–Crippen MR) is 57.2 cm³/mol. The average molecular weight is 207 g/mol. The Hall–Kier alpha value is -1.84. The fourth-order valence-corrected chi connectivity index (χ4v) is 0.646. The molecule has 1 aromatic heterocycles. The van der Waals surface area contributed by atoms with Crippen LogP contribution in [0.25, 0.3) is 5.41 Å². The molecule has 0 aromatic carbocycles. The van der Waals surface area contributed by atoms with Crippen molar-refractivity contribution in [2.24, 2.45) is 0 Å². The summed E-state index contributed by atoms with van der Waals surface area (Å²) in [6.07, 6.45) is 4.70. The maximum atomic E-state index is 10.7. The molecule has 0 aliphatic rings. The fraction of sp³-hybridized carbons (Fsp3) is 0. The van der Waals surface area contributed by atoms with Crippen molar-refractivity contribution in [3.8, 4) is 0 Å². The van der Waals surface area contributed by atoms with Gasteiger partial charge in [0.05, 0.1) is 0 Å². The molecular weight excluding hydrogens is 198 g/mol. The lowest BCUT2D eigenvalue weighted by Gasteiger charge is -1.91. The summed E-state index contributed by atoms with van der Waals surface area (Å²) < 4.78 is 1.56. The van der Waals surface area contributed by atoms with E-state index in [0.717, 1.165) is 0 Å². The van der Waals surface area contributed by atoms with Gasteiger partial charge in [0.25, 0.3) is 5.91 Å². The summed E-state index contributed by atoms with van der Waals surface area (Å²) in [6, 6.07) is 5.52. The highest BCUT2D eigenvalue weighted by atomic mass is 32.1. The molecule has 0 radical (unpaired) electrons. The van der Waals surface area contributed by atoms with Crippen molar-refractivity contribution in [3.05, 3.63) is 48.7 Å². The molecule has 1 rings (SSSR count). The Morgan fingerprint density at radius 3 is 2.43 bits per heavy atom. The van der Waals surface area contributed by atoms with Gasteiger partial charge >= 0.3 is 0 Å². The molecule has 1 heterocycles. The van der Waals surface area contributed by atoms with Gasteiger partial charge in [0.2, 0.25) is 0 Å². The molecule has 0 aliphatic carbocycles. The molecule has 1 N–H and O–H groups in total. The van der Waals surface area contributed by atoms with E-state index in [1.165, 1.54) is 11.2 Å². The third kappa shape index (κ3) is 5.77. The van der Waals surface area contributed by atoms with Gasteiger partial charge in [-0.15, -0.1) is 5.43 Å². The summed E-state index contributed by atoms with van der Waals surface area (Å²) in [5.74, 6) is -0.221. The van der Waals surface area contributed by atoms with E-state index >= 15 is 0 Å². The largest absolute Gasteiger partial charge is 0.753 e. The molecule has 0 fully saturated rings. The summed E-state index contributed by atoms with van der Waals surface area (Å²) in [4.78, 5) is 10.7. The Bertz CT molecular complexity index is 331. The molecule has 72 valence electrons. The molecule has 0 unspecified atom stereocenters. The molecule has 0 atom stereocenters. The lowest BCUT2D eigenvalue weighted by molar-refractivity contribution is -0.642. The third-order valence-electron chi connectivity index (χ3n) is 1.14. The van der Waals surface area contributed by atoms with Gasteiger partial charge in [0.1, 0.15) is 0 Å². The Balaban J connectivity index is 0.000000500. The summed E-state index contributed by atoms with van der Waals surface area (Å²) in [6.45, 7) is 3.33. The van der Waals surface area contributed by atoms with E-state index in [0.29, 0.717) is 0 Å². The first-order valence-corrected chi connectivity index (χ1v) is 4.06. The van der Waals surface area contributed by atoms with Crippen LogP contribution in [0.4, 0.5) is 0 Å². The Morgan fingerprint density at radius 2 is 2.00 bits per heavy atom. The van der Waals surface area contributed by atoms with E-state index < -0.39 is 0 Å². The number of amides is 1. The summed E-state index contributed by atoms with van der Waals surface area (Å²) in [7, 11) is 0. The summed E-state index contributed by atoms with van der Waals surface area (Å²) in [5, 5.41) is 8.47. The number of nitrogens with one attached hydrogen (secondary N) is 1. The minimum absolute atomic E-state index is 0.221. The van der Waals surface area contributed by atoms with Crippen molar-refractivity contribution in [2.45, 2.75) is 0 Å². The SMILES string of the molecule is C=CC(=O)N[n+]1ccccc1.[N-]=C=S. The lowest BCUT2D eigenvalue weighted by Crippen LogP contribution is -2.46. The average Bonchev–Trinajstić information content (AvgIpc) is 2.20. The first-order valence-electron chi connectivity index (χ1n) is 3.65. The molecule has 14 heavy (non-hydrogen) atoms. The van der Waals surface area contributed by atoms with Gasteiger partial charge in [-0.3, -0.25) is 4.79 Å². The van der Waals surface area contributed by atoms with E-state index in [1.807, 2.05) is 18.2 Å². The Morgan fingerprint density at radius 1 is 1.50 bits per heavy atom. The smallest absolute Gasteiger partial charge is 0.297 e. The van der Waals surface area contributed by atoms with Gasteiger partial charge in [-0.25, -0.2) is 0 Å². The van der Waals surface area contributed by atoms with Crippen LogP contribution in [0.3, 0.4) is 0 Å². The van der Waals surface area contributed by atoms with E-state index in [9.17, 15) is 4.79 Å². The number of pyridine rings is 1. The van der Waals surface area contributed by atoms with Gasteiger partial charge in [-0.1, -0.05) is 29.5 Å². The zero-order valence-corrected chi connectivity index (χ0v) is 8.20. The number of hydrogen-bond donors (Lipinski definition) is 1. The van der Waals surface area contributed by atoms with E-state index in [2.05, 4.69) is 24.2 Å². The number of nitrogens with zero attached hydrogens (tertiary/aromatic N) is 2. The van der Waals surface area contributed by atoms with Crippen molar-refractivity contribution < 1.29 is 9.47 Å². The van der Waals surface area contributed by atoms with Gasteiger partial charge in [-0.2, -0.15) is 5.16 Å². The lowest BCUT2D eigenvalue weighted by atomic mass is 10.5. The van der Waals surface area contributed by atoms with Crippen molar-refractivity contribution in [1.82, 2.24) is 0 Å². The van der Waals surface area contributed by atoms with Crippen LogP contribution in [0.1, 0.15) is 0 Å². The van der Waals surface area contributed by atoms with E-state index in [1.54, 1.807) is 17.1 Å². The quantitative estimate of drug-likeness (QED) is 0.339. The van der Waals surface area contributed by atoms with Gasteiger partial charge in [-0.05, 0) is 0 Å². The van der Waals surface area contributed by atoms with Crippen LogP contribution in [0.2, 0.25) is 0 Å². The topological polar surface area (TPSA) is 55.3 Å². The second-order valence-corrected chi connectivity index (χ2v) is 2.24. The molecule has 5 heteroatoms. The highest BCUT2D eigenvalue weighted by molar-refractivity contribution is 7.78. The van der Waals surface area contributed by atoms with E-state index in [-0.39, 0.29) is 5.91 Å². The fourth-order valence-electron chi connectivity index (χ4n) is 0.646. The van der Waals surface area contributed by atoms with Crippen LogP contribution in [0, 0.1) is 0 Å². The van der Waals surface area contributed by atoms with Crippen molar-refractivity contribution in [3.63, 3.8) is 0 Å². The molecule has 0 aliphatic heterocycles. The maximum absolute atomic E-state index is 10.7. The zero-order chi connectivity index (χ0) is 10.8. The molecule has 1 aromatic rings. The molecule has 0 saturated carbocycles. The molecule has 1 amide bonds. The number of carbonyl (C=O) groups is 1. The zero-order valence-electron chi connectivity index (χ0n) is 7.38. The molecule has 0 saturated heterocycles. The molecule has 0 bridgehead atoms. The number of aromatic nitrogens is 1. The normalized spacial score (nSPS) is 7.43. The first-order chi connectivity index (χ1) is 6.74. The maximum Gasteiger partial charge on any atom is 0.297 e. The minimum Gasteiger partial charge on any atom is -0.753 e. The number of hydrogen-bond acceptors (Lipinski definition) is 2. The highest BCUT2D eigenvalue weighted by Crippen LogP contribution is 1.74. The standard InChI is InChI=1S/C8H8N2O.CNS/c1-2-8(11)9-10-6-4-3-5-7-10;2-1-3/h2-7H,1H2;/q;-1/p+1. The molecule has 4 nitrogen and oxygen atoms in total. The Kier molecular flexibility index (Phi) is 6.77. The molecular formula is C9H9N3OS. The van der Waals surface area contributed by atoms with Crippen LogP contribution in [0.15, 0.2) is 43.2 Å². The van der Waals surface area contributed by atoms with Crippen LogP contribution in [-0.2, 0) is 4.79 Å². The second kappa shape index (κ2) is 7.79. The van der Waals surface area contributed by atoms with Crippen LogP contribution in [0.5, 0.6) is 0 Å². The minimum atomic E-state index is -0.221. The van der Waals surface area contributed by atoms with Gasteiger partial charge in [0.15, 0.2) is 12.4 Å². The highest BCUT2D eigenvalue weighted by Gasteiger charge is 1.99. The third-order valence-corrected chi connectivity index (χ3v) is 1.14. The molecule has 0 spiro atoms. The Labute approximate surface area is 87.4 Å². The summed E-state index contributed by atoms with van der Waals surface area (Å²) >= 11 is 3.70. The van der Waals surface area contributed by atoms with Crippen LogP contribution < -0.4 is 10.1 Å².